The molecular formula is C15H17FN2O3. The molecule has 0 aromatic heterocycles. The number of carboxylic acid groups (broad SMARTS) is 1. The molecule has 1 aliphatic heterocycles. The number of hydrogen-bond donors (Lipinski definition) is 1. The van der Waals surface area contributed by atoms with Crippen molar-refractivity contribution < 1.29 is 19.0 Å². The van der Waals surface area contributed by atoms with Gasteiger partial charge in [0, 0.05) is 19.6 Å². The fourth-order valence-electron chi connectivity index (χ4n) is 2.49. The Bertz CT molecular complexity index is 548. The molecule has 1 fully saturated rings. The van der Waals surface area contributed by atoms with Gasteiger partial charge in [0.2, 0.25) is 0 Å². The molecular weight excluding hydrogens is 275 g/mol. The van der Waals surface area contributed by atoms with Crippen LogP contribution in [0, 0.1) is 17.1 Å². The molecule has 6 heteroatoms. The minimum absolute atomic E-state index is 0.0282. The third kappa shape index (κ3) is 4.81. The van der Waals surface area contributed by atoms with Gasteiger partial charge in [-0.3, -0.25) is 4.90 Å². The highest BCUT2D eigenvalue weighted by molar-refractivity contribution is 5.68. The molecule has 1 aromatic rings. The van der Waals surface area contributed by atoms with Crippen LogP contribution in [0.5, 0.6) is 0 Å². The van der Waals surface area contributed by atoms with E-state index in [2.05, 4.69) is 4.90 Å². The van der Waals surface area contributed by atoms with Crippen molar-refractivity contribution in [1.82, 2.24) is 4.90 Å². The molecule has 5 nitrogen and oxygen atoms in total. The van der Waals surface area contributed by atoms with Gasteiger partial charge >= 0.3 is 5.97 Å². The van der Waals surface area contributed by atoms with Gasteiger partial charge in [0.05, 0.1) is 17.7 Å². The van der Waals surface area contributed by atoms with Crippen LogP contribution in [-0.4, -0.2) is 41.8 Å². The van der Waals surface area contributed by atoms with Gasteiger partial charge in [0.15, 0.2) is 0 Å². The smallest absolute Gasteiger partial charge is 0.329 e. The standard InChI is InChI=1S/C15H17FN2O3/c16-13-6-11(8-17)5-12(7-13)9-18-3-1-14(2-4-18)21-10-15(19)20/h5-7,14H,1-4,9-10H2,(H,19,20). The highest BCUT2D eigenvalue weighted by Crippen LogP contribution is 2.17. The zero-order valence-corrected chi connectivity index (χ0v) is 11.6. The average Bonchev–Trinajstić information content (AvgIpc) is 2.46. The van der Waals surface area contributed by atoms with E-state index in [0.717, 1.165) is 31.5 Å². The molecule has 0 spiro atoms. The van der Waals surface area contributed by atoms with E-state index in [1.54, 1.807) is 6.07 Å². The minimum atomic E-state index is -0.957. The maximum Gasteiger partial charge on any atom is 0.329 e. The number of benzene rings is 1. The molecule has 2 rings (SSSR count). The molecule has 0 atom stereocenters. The molecule has 0 radical (unpaired) electrons. The van der Waals surface area contributed by atoms with Crippen LogP contribution in [0.2, 0.25) is 0 Å². The fourth-order valence-corrected chi connectivity index (χ4v) is 2.49. The summed E-state index contributed by atoms with van der Waals surface area (Å²) in [5.41, 5.74) is 1.10. The summed E-state index contributed by atoms with van der Waals surface area (Å²) in [6.45, 7) is 1.85. The van der Waals surface area contributed by atoms with E-state index in [-0.39, 0.29) is 12.7 Å². The topological polar surface area (TPSA) is 73.6 Å². The van der Waals surface area contributed by atoms with Gasteiger partial charge in [0.25, 0.3) is 0 Å². The van der Waals surface area contributed by atoms with Crippen molar-refractivity contribution in [1.29, 1.82) is 5.26 Å². The molecule has 1 aliphatic rings. The van der Waals surface area contributed by atoms with Crippen molar-refractivity contribution in [2.45, 2.75) is 25.5 Å². The molecule has 112 valence electrons. The Labute approximate surface area is 122 Å². The van der Waals surface area contributed by atoms with E-state index in [1.165, 1.54) is 12.1 Å². The van der Waals surface area contributed by atoms with Crippen molar-refractivity contribution in [3.63, 3.8) is 0 Å². The average molecular weight is 292 g/mol. The normalized spacial score (nSPS) is 16.6. The molecule has 0 bridgehead atoms. The van der Waals surface area contributed by atoms with Crippen LogP contribution in [0.1, 0.15) is 24.0 Å². The minimum Gasteiger partial charge on any atom is -0.480 e. The Morgan fingerprint density at radius 3 is 2.76 bits per heavy atom. The maximum atomic E-state index is 13.4. The summed E-state index contributed by atoms with van der Waals surface area (Å²) >= 11 is 0. The van der Waals surface area contributed by atoms with Crippen molar-refractivity contribution in [2.75, 3.05) is 19.7 Å². The Morgan fingerprint density at radius 1 is 1.43 bits per heavy atom. The molecule has 0 unspecified atom stereocenters. The van der Waals surface area contributed by atoms with Crippen LogP contribution < -0.4 is 0 Å². The van der Waals surface area contributed by atoms with Gasteiger partial charge in [-0.15, -0.1) is 0 Å². The van der Waals surface area contributed by atoms with E-state index in [9.17, 15) is 9.18 Å². The SMILES string of the molecule is N#Cc1cc(F)cc(CN2CCC(OCC(=O)O)CC2)c1. The second-order valence-corrected chi connectivity index (χ2v) is 5.14. The number of halogens is 1. The summed E-state index contributed by atoms with van der Waals surface area (Å²) < 4.78 is 18.6. The number of carboxylic acids is 1. The van der Waals surface area contributed by atoms with Gasteiger partial charge < -0.3 is 9.84 Å². The largest absolute Gasteiger partial charge is 0.480 e. The van der Waals surface area contributed by atoms with Crippen LogP contribution in [0.4, 0.5) is 4.39 Å². The molecule has 1 saturated heterocycles. The van der Waals surface area contributed by atoms with Gasteiger partial charge in [-0.05, 0) is 36.6 Å². The van der Waals surface area contributed by atoms with Crippen molar-refractivity contribution >= 4 is 5.97 Å². The maximum absolute atomic E-state index is 13.4. The fraction of sp³-hybridized carbons (Fsp3) is 0.467. The van der Waals surface area contributed by atoms with Crippen LogP contribution in [0.25, 0.3) is 0 Å². The Morgan fingerprint density at radius 2 is 2.14 bits per heavy atom. The molecule has 21 heavy (non-hydrogen) atoms. The zero-order chi connectivity index (χ0) is 15.2. The first-order chi connectivity index (χ1) is 10.1. The third-order valence-electron chi connectivity index (χ3n) is 3.47. The number of aliphatic carboxylic acids is 1. The molecule has 0 saturated carbocycles. The summed E-state index contributed by atoms with van der Waals surface area (Å²) in [6, 6.07) is 6.29. The van der Waals surface area contributed by atoms with Crippen LogP contribution >= 0.6 is 0 Å². The monoisotopic (exact) mass is 292 g/mol. The molecule has 1 N–H and O–H groups in total. The van der Waals surface area contributed by atoms with Crippen molar-refractivity contribution in [3.8, 4) is 6.07 Å². The summed E-state index contributed by atoms with van der Waals surface area (Å²) in [4.78, 5) is 12.6. The van der Waals surface area contributed by atoms with Crippen LogP contribution in [0.3, 0.4) is 0 Å². The lowest BCUT2D eigenvalue weighted by Crippen LogP contribution is -2.37. The predicted octanol–water partition coefficient (Wildman–Crippen LogP) is 1.76. The number of likely N-dealkylation sites (tertiary alicyclic amines) is 1. The van der Waals surface area contributed by atoms with Gasteiger partial charge in [-0.25, -0.2) is 9.18 Å². The Kier molecular flexibility index (Phi) is 5.26. The zero-order valence-electron chi connectivity index (χ0n) is 11.6. The van der Waals surface area contributed by atoms with E-state index in [1.807, 2.05) is 6.07 Å². The summed E-state index contributed by atoms with van der Waals surface area (Å²) in [5.74, 6) is -1.36. The first-order valence-electron chi connectivity index (χ1n) is 6.82. The molecule has 0 amide bonds. The Balaban J connectivity index is 1.85. The lowest BCUT2D eigenvalue weighted by Gasteiger charge is -2.31. The lowest BCUT2D eigenvalue weighted by molar-refractivity contribution is -0.145. The molecule has 0 aliphatic carbocycles. The predicted molar refractivity (Wildman–Crippen MR) is 73.0 cm³/mol. The Hall–Kier alpha value is -1.97. The first kappa shape index (κ1) is 15.4. The second-order valence-electron chi connectivity index (χ2n) is 5.14. The summed E-state index contributed by atoms with van der Waals surface area (Å²) in [5, 5.41) is 17.4. The van der Waals surface area contributed by atoms with Crippen LogP contribution in [-0.2, 0) is 16.1 Å². The number of nitriles is 1. The summed E-state index contributed by atoms with van der Waals surface area (Å²) in [7, 11) is 0. The van der Waals surface area contributed by atoms with Gasteiger partial charge in [0.1, 0.15) is 12.4 Å². The highest BCUT2D eigenvalue weighted by Gasteiger charge is 2.20. The van der Waals surface area contributed by atoms with Crippen LogP contribution in [0.15, 0.2) is 18.2 Å². The number of nitrogens with zero attached hydrogens (tertiary/aromatic N) is 2. The molecule has 1 heterocycles. The molecule has 1 aromatic carbocycles. The van der Waals surface area contributed by atoms with Crippen molar-refractivity contribution in [3.05, 3.63) is 35.1 Å². The number of carbonyl (C=O) groups is 1. The van der Waals surface area contributed by atoms with E-state index >= 15 is 0 Å². The van der Waals surface area contributed by atoms with Gasteiger partial charge in [-0.1, -0.05) is 0 Å². The number of rotatable bonds is 5. The highest BCUT2D eigenvalue weighted by atomic mass is 19.1. The third-order valence-corrected chi connectivity index (χ3v) is 3.47. The number of ether oxygens (including phenoxy) is 1. The quantitative estimate of drug-likeness (QED) is 0.895. The van der Waals surface area contributed by atoms with E-state index in [0.29, 0.717) is 12.1 Å². The first-order valence-corrected chi connectivity index (χ1v) is 6.82. The van der Waals surface area contributed by atoms with Crippen molar-refractivity contribution in [2.24, 2.45) is 0 Å². The number of piperidine rings is 1. The number of hydrogen-bond acceptors (Lipinski definition) is 4. The lowest BCUT2D eigenvalue weighted by atomic mass is 10.1. The van der Waals surface area contributed by atoms with E-state index in [4.69, 9.17) is 15.1 Å². The second kappa shape index (κ2) is 7.16. The summed E-state index contributed by atoms with van der Waals surface area (Å²) in [6.07, 6.45) is 1.49. The van der Waals surface area contributed by atoms with E-state index < -0.39 is 11.8 Å². The van der Waals surface area contributed by atoms with Gasteiger partial charge in [-0.2, -0.15) is 5.26 Å².